The normalized spacial score (nSPS) is 19.7. The molecule has 15 heavy (non-hydrogen) atoms. The van der Waals surface area contributed by atoms with Gasteiger partial charge in [0.2, 0.25) is 6.17 Å². The lowest BCUT2D eigenvalue weighted by atomic mass is 10.3. The topological polar surface area (TPSA) is 42.6 Å². The van der Waals surface area contributed by atoms with Gasteiger partial charge in [0.25, 0.3) is 0 Å². The van der Waals surface area contributed by atoms with Gasteiger partial charge in [-0.1, -0.05) is 26.7 Å². The third-order valence-electron chi connectivity index (χ3n) is 2.57. The lowest BCUT2D eigenvalue weighted by Crippen LogP contribution is -2.39. The summed E-state index contributed by atoms with van der Waals surface area (Å²) in [7, 11) is 0. The SMILES string of the molecule is CCCCN1C=NN(CCCC)C1C#N. The van der Waals surface area contributed by atoms with Crippen molar-refractivity contribution in [2.75, 3.05) is 13.1 Å². The first kappa shape index (κ1) is 11.8. The zero-order valence-electron chi connectivity index (χ0n) is 9.69. The Morgan fingerprint density at radius 1 is 1.27 bits per heavy atom. The molecule has 0 aromatic rings. The Morgan fingerprint density at radius 2 is 1.93 bits per heavy atom. The van der Waals surface area contributed by atoms with Gasteiger partial charge in [-0.3, -0.25) is 5.01 Å². The number of nitrogens with zero attached hydrogens (tertiary/aromatic N) is 4. The van der Waals surface area contributed by atoms with E-state index in [2.05, 4.69) is 25.0 Å². The Hall–Kier alpha value is -1.24. The second-order valence-corrected chi connectivity index (χ2v) is 3.84. The highest BCUT2D eigenvalue weighted by Gasteiger charge is 2.26. The van der Waals surface area contributed by atoms with Crippen molar-refractivity contribution in [3.05, 3.63) is 0 Å². The highest BCUT2D eigenvalue weighted by Crippen LogP contribution is 2.13. The molecule has 4 heteroatoms. The number of rotatable bonds is 6. The molecular formula is C11H20N4. The minimum Gasteiger partial charge on any atom is -0.328 e. The molecule has 0 N–H and O–H groups in total. The molecule has 0 amide bonds. The third kappa shape index (κ3) is 3.12. The average Bonchev–Trinajstić information content (AvgIpc) is 2.65. The summed E-state index contributed by atoms with van der Waals surface area (Å²) in [4.78, 5) is 2.03. The molecule has 4 nitrogen and oxygen atoms in total. The van der Waals surface area contributed by atoms with Crippen LogP contribution in [0, 0.1) is 11.3 Å². The van der Waals surface area contributed by atoms with Crippen LogP contribution >= 0.6 is 0 Å². The molecular weight excluding hydrogens is 188 g/mol. The van der Waals surface area contributed by atoms with Crippen molar-refractivity contribution in [3.63, 3.8) is 0 Å². The van der Waals surface area contributed by atoms with Crippen molar-refractivity contribution in [1.82, 2.24) is 9.91 Å². The van der Waals surface area contributed by atoms with E-state index in [0.29, 0.717) is 0 Å². The molecule has 0 aromatic carbocycles. The van der Waals surface area contributed by atoms with E-state index in [4.69, 9.17) is 5.26 Å². The van der Waals surface area contributed by atoms with Crippen molar-refractivity contribution in [2.24, 2.45) is 5.10 Å². The summed E-state index contributed by atoms with van der Waals surface area (Å²) in [6.07, 6.45) is 6.13. The fourth-order valence-electron chi connectivity index (χ4n) is 1.59. The quantitative estimate of drug-likeness (QED) is 0.670. The minimum absolute atomic E-state index is 0.178. The first-order valence-electron chi connectivity index (χ1n) is 5.79. The predicted molar refractivity (Wildman–Crippen MR) is 61.1 cm³/mol. The zero-order valence-corrected chi connectivity index (χ0v) is 9.69. The molecule has 1 atom stereocenters. The molecule has 0 aromatic heterocycles. The molecule has 0 saturated carbocycles. The van der Waals surface area contributed by atoms with Gasteiger partial charge >= 0.3 is 0 Å². The van der Waals surface area contributed by atoms with Crippen molar-refractivity contribution in [2.45, 2.75) is 45.7 Å². The summed E-state index contributed by atoms with van der Waals surface area (Å²) in [5.74, 6) is 0. The van der Waals surface area contributed by atoms with Gasteiger partial charge in [0.15, 0.2) is 0 Å². The first-order valence-corrected chi connectivity index (χ1v) is 5.79. The zero-order chi connectivity index (χ0) is 11.1. The van der Waals surface area contributed by atoms with Crippen LogP contribution in [0.15, 0.2) is 5.10 Å². The summed E-state index contributed by atoms with van der Waals surface area (Å²) < 4.78 is 0. The van der Waals surface area contributed by atoms with E-state index < -0.39 is 0 Å². The van der Waals surface area contributed by atoms with Crippen molar-refractivity contribution in [3.8, 4) is 6.07 Å². The number of hydrogen-bond donors (Lipinski definition) is 0. The Labute approximate surface area is 92.2 Å². The van der Waals surface area contributed by atoms with Crippen LogP contribution in [-0.4, -0.2) is 35.5 Å². The fraction of sp³-hybridized carbons (Fsp3) is 0.818. The monoisotopic (exact) mass is 208 g/mol. The summed E-state index contributed by atoms with van der Waals surface area (Å²) in [5.41, 5.74) is 0. The lowest BCUT2D eigenvalue weighted by molar-refractivity contribution is 0.174. The highest BCUT2D eigenvalue weighted by molar-refractivity contribution is 5.58. The van der Waals surface area contributed by atoms with Gasteiger partial charge in [0, 0.05) is 13.1 Å². The van der Waals surface area contributed by atoms with Crippen molar-refractivity contribution in [1.29, 1.82) is 5.26 Å². The van der Waals surface area contributed by atoms with Gasteiger partial charge in [-0.15, -0.1) is 0 Å². The van der Waals surface area contributed by atoms with Gasteiger partial charge in [-0.25, -0.2) is 0 Å². The molecule has 0 spiro atoms. The maximum atomic E-state index is 9.09. The van der Waals surface area contributed by atoms with Gasteiger partial charge in [-0.05, 0) is 12.8 Å². The largest absolute Gasteiger partial charge is 0.328 e. The predicted octanol–water partition coefficient (Wildman–Crippen LogP) is 2.00. The van der Waals surface area contributed by atoms with E-state index in [-0.39, 0.29) is 6.17 Å². The maximum Gasteiger partial charge on any atom is 0.207 e. The molecule has 0 bridgehead atoms. The molecule has 1 heterocycles. The van der Waals surface area contributed by atoms with E-state index in [0.717, 1.165) is 38.8 Å². The number of unbranched alkanes of at least 4 members (excludes halogenated alkanes) is 2. The Kier molecular flexibility index (Phi) is 4.96. The van der Waals surface area contributed by atoms with Crippen molar-refractivity contribution >= 4 is 6.34 Å². The lowest BCUT2D eigenvalue weighted by Gasteiger charge is -2.24. The van der Waals surface area contributed by atoms with Crippen LogP contribution in [-0.2, 0) is 0 Å². The van der Waals surface area contributed by atoms with Crippen molar-refractivity contribution < 1.29 is 0 Å². The Morgan fingerprint density at radius 3 is 2.53 bits per heavy atom. The van der Waals surface area contributed by atoms with E-state index in [9.17, 15) is 0 Å². The summed E-state index contributed by atoms with van der Waals surface area (Å²) >= 11 is 0. The molecule has 0 radical (unpaired) electrons. The molecule has 1 aliphatic heterocycles. The van der Waals surface area contributed by atoms with Crippen LogP contribution in [0.4, 0.5) is 0 Å². The second-order valence-electron chi connectivity index (χ2n) is 3.84. The van der Waals surface area contributed by atoms with Crippen LogP contribution in [0.5, 0.6) is 0 Å². The summed E-state index contributed by atoms with van der Waals surface area (Å²) in [6.45, 7) is 6.12. The van der Waals surface area contributed by atoms with Crippen LogP contribution in [0.1, 0.15) is 39.5 Å². The molecule has 0 fully saturated rings. The van der Waals surface area contributed by atoms with E-state index in [1.165, 1.54) is 0 Å². The van der Waals surface area contributed by atoms with Gasteiger partial charge in [0.1, 0.15) is 12.4 Å². The van der Waals surface area contributed by atoms with Crippen LogP contribution in [0.2, 0.25) is 0 Å². The fourth-order valence-corrected chi connectivity index (χ4v) is 1.59. The van der Waals surface area contributed by atoms with Gasteiger partial charge < -0.3 is 4.90 Å². The van der Waals surface area contributed by atoms with E-state index in [1.54, 1.807) is 6.34 Å². The molecule has 1 aliphatic rings. The van der Waals surface area contributed by atoms with Crippen LogP contribution in [0.3, 0.4) is 0 Å². The molecule has 1 rings (SSSR count). The summed E-state index contributed by atoms with van der Waals surface area (Å²) in [6, 6.07) is 2.31. The molecule has 0 aliphatic carbocycles. The smallest absolute Gasteiger partial charge is 0.207 e. The van der Waals surface area contributed by atoms with Gasteiger partial charge in [0.05, 0.1) is 0 Å². The molecule has 0 saturated heterocycles. The summed E-state index contributed by atoms with van der Waals surface area (Å²) in [5, 5.41) is 15.3. The van der Waals surface area contributed by atoms with Gasteiger partial charge in [-0.2, -0.15) is 10.4 Å². The molecule has 84 valence electrons. The standard InChI is InChI=1S/C11H20N4/c1-3-5-7-14-10-13-15(8-6-4-2)11(14)9-12/h10-11H,3-8H2,1-2H3. The highest BCUT2D eigenvalue weighted by atomic mass is 15.6. The first-order chi connectivity index (χ1) is 7.33. The van der Waals surface area contributed by atoms with E-state index in [1.807, 2.05) is 9.91 Å². The minimum atomic E-state index is -0.178. The third-order valence-corrected chi connectivity index (χ3v) is 2.57. The second kappa shape index (κ2) is 6.28. The van der Waals surface area contributed by atoms with Crippen LogP contribution < -0.4 is 0 Å². The number of nitriles is 1. The average molecular weight is 208 g/mol. The maximum absolute atomic E-state index is 9.09. The Bertz CT molecular complexity index is 225. The molecule has 1 unspecified atom stereocenters. The van der Waals surface area contributed by atoms with E-state index >= 15 is 0 Å². The van der Waals surface area contributed by atoms with Crippen LogP contribution in [0.25, 0.3) is 0 Å². The number of hydrazone groups is 1. The number of hydrogen-bond acceptors (Lipinski definition) is 4. The Balaban J connectivity index is 2.43.